The molecule has 2 heterocycles. The van der Waals surface area contributed by atoms with Crippen LogP contribution in [0.25, 0.3) is 0 Å². The topological polar surface area (TPSA) is 81.2 Å². The molecule has 0 aliphatic carbocycles. The minimum absolute atomic E-state index is 0.192. The summed E-state index contributed by atoms with van der Waals surface area (Å²) in [6, 6.07) is 0. The number of rotatable bonds is 6. The second-order valence-corrected chi connectivity index (χ2v) is 5.53. The molecule has 2 aromatic rings. The Balaban J connectivity index is 1.84. The van der Waals surface area contributed by atoms with Gasteiger partial charge >= 0.3 is 5.97 Å². The molecular formula is C12H13N3O3S2. The highest BCUT2D eigenvalue weighted by Crippen LogP contribution is 2.11. The highest BCUT2D eigenvalue weighted by Gasteiger charge is 2.15. The molecule has 20 heavy (non-hydrogen) atoms. The van der Waals surface area contributed by atoms with Crippen molar-refractivity contribution in [2.75, 3.05) is 13.2 Å². The van der Waals surface area contributed by atoms with Crippen molar-refractivity contribution in [3.8, 4) is 0 Å². The molecule has 0 spiro atoms. The van der Waals surface area contributed by atoms with Gasteiger partial charge in [0, 0.05) is 29.9 Å². The molecular weight excluding hydrogens is 298 g/mol. The van der Waals surface area contributed by atoms with Crippen LogP contribution in [0.2, 0.25) is 0 Å². The molecule has 0 saturated carbocycles. The van der Waals surface area contributed by atoms with E-state index in [0.29, 0.717) is 13.0 Å². The molecule has 0 atom stereocenters. The average Bonchev–Trinajstić information content (AvgIpc) is 3.10. The summed E-state index contributed by atoms with van der Waals surface area (Å²) in [6.45, 7) is 2.49. The van der Waals surface area contributed by atoms with Gasteiger partial charge in [-0.15, -0.1) is 22.7 Å². The summed E-state index contributed by atoms with van der Waals surface area (Å²) in [5, 5.41) is 7.34. The minimum Gasteiger partial charge on any atom is -0.461 e. The van der Waals surface area contributed by atoms with Gasteiger partial charge in [0.05, 0.1) is 11.6 Å². The maximum absolute atomic E-state index is 11.8. The molecule has 106 valence electrons. The molecule has 2 rings (SSSR count). The zero-order valence-electron chi connectivity index (χ0n) is 10.8. The summed E-state index contributed by atoms with van der Waals surface area (Å²) >= 11 is 2.65. The van der Waals surface area contributed by atoms with E-state index in [1.807, 2.05) is 5.38 Å². The molecule has 0 bridgehead atoms. The number of carbonyl (C=O) groups excluding carboxylic acids is 2. The van der Waals surface area contributed by atoms with Gasteiger partial charge in [-0.3, -0.25) is 4.79 Å². The fourth-order valence-electron chi connectivity index (χ4n) is 1.41. The predicted octanol–water partition coefficient (Wildman–Crippen LogP) is 1.75. The Hall–Kier alpha value is -1.80. The lowest BCUT2D eigenvalue weighted by molar-refractivity contribution is 0.0526. The number of aromatic nitrogens is 2. The summed E-state index contributed by atoms with van der Waals surface area (Å²) in [4.78, 5) is 31.4. The van der Waals surface area contributed by atoms with E-state index in [9.17, 15) is 9.59 Å². The van der Waals surface area contributed by atoms with Crippen LogP contribution in [0.15, 0.2) is 17.0 Å². The first-order valence-electron chi connectivity index (χ1n) is 6.00. The van der Waals surface area contributed by atoms with E-state index in [-0.39, 0.29) is 23.2 Å². The van der Waals surface area contributed by atoms with Crippen molar-refractivity contribution >= 4 is 34.6 Å². The van der Waals surface area contributed by atoms with Gasteiger partial charge in [0.2, 0.25) is 5.01 Å². The van der Waals surface area contributed by atoms with Crippen molar-refractivity contribution in [1.82, 2.24) is 15.3 Å². The molecule has 0 radical (unpaired) electrons. The molecule has 0 aromatic carbocycles. The number of carbonyl (C=O) groups is 2. The van der Waals surface area contributed by atoms with E-state index in [1.165, 1.54) is 0 Å². The Morgan fingerprint density at radius 2 is 2.25 bits per heavy atom. The molecule has 2 aromatic heterocycles. The maximum atomic E-state index is 11.8. The number of ether oxygens (including phenoxy) is 1. The van der Waals surface area contributed by atoms with Crippen molar-refractivity contribution in [2.45, 2.75) is 13.3 Å². The van der Waals surface area contributed by atoms with Crippen LogP contribution in [0.5, 0.6) is 0 Å². The van der Waals surface area contributed by atoms with Gasteiger partial charge < -0.3 is 10.1 Å². The fraction of sp³-hybridized carbons (Fsp3) is 0.333. The van der Waals surface area contributed by atoms with Crippen LogP contribution in [0.4, 0.5) is 0 Å². The van der Waals surface area contributed by atoms with Crippen LogP contribution >= 0.6 is 22.7 Å². The van der Waals surface area contributed by atoms with Crippen molar-refractivity contribution < 1.29 is 14.3 Å². The third-order valence-corrected chi connectivity index (χ3v) is 3.96. The number of hydrogen-bond acceptors (Lipinski definition) is 7. The summed E-state index contributed by atoms with van der Waals surface area (Å²) in [5.74, 6) is -0.798. The van der Waals surface area contributed by atoms with Gasteiger partial charge in [-0.2, -0.15) is 0 Å². The summed E-state index contributed by atoms with van der Waals surface area (Å²) in [5.41, 5.74) is 0.234. The number of hydrogen-bond donors (Lipinski definition) is 1. The van der Waals surface area contributed by atoms with Crippen LogP contribution in [0, 0.1) is 0 Å². The lowest BCUT2D eigenvalue weighted by Gasteiger charge is -2.00. The normalized spacial score (nSPS) is 10.2. The lowest BCUT2D eigenvalue weighted by Crippen LogP contribution is -2.26. The number of nitrogens with zero attached hydrogens (tertiary/aromatic N) is 2. The molecule has 0 unspecified atom stereocenters. The highest BCUT2D eigenvalue weighted by molar-refractivity contribution is 7.11. The molecule has 6 nitrogen and oxygen atoms in total. The van der Waals surface area contributed by atoms with E-state index in [2.05, 4.69) is 15.3 Å². The van der Waals surface area contributed by atoms with Crippen molar-refractivity contribution in [3.63, 3.8) is 0 Å². The van der Waals surface area contributed by atoms with Gasteiger partial charge in [0.25, 0.3) is 5.91 Å². The molecule has 0 saturated heterocycles. The quantitative estimate of drug-likeness (QED) is 0.822. The summed E-state index contributed by atoms with van der Waals surface area (Å²) in [7, 11) is 0. The highest BCUT2D eigenvalue weighted by atomic mass is 32.1. The van der Waals surface area contributed by atoms with Gasteiger partial charge in [0.15, 0.2) is 0 Å². The number of thiazole rings is 2. The van der Waals surface area contributed by atoms with Crippen molar-refractivity contribution in [2.24, 2.45) is 0 Å². The van der Waals surface area contributed by atoms with Crippen molar-refractivity contribution in [3.05, 3.63) is 32.7 Å². The smallest absolute Gasteiger partial charge is 0.367 e. The van der Waals surface area contributed by atoms with E-state index >= 15 is 0 Å². The van der Waals surface area contributed by atoms with E-state index < -0.39 is 5.97 Å². The Labute approximate surface area is 123 Å². The molecule has 1 amide bonds. The number of amides is 1. The van der Waals surface area contributed by atoms with Crippen LogP contribution in [-0.4, -0.2) is 35.0 Å². The lowest BCUT2D eigenvalue weighted by atomic mass is 10.4. The zero-order chi connectivity index (χ0) is 14.4. The Bertz CT molecular complexity index is 581. The first-order chi connectivity index (χ1) is 9.70. The summed E-state index contributed by atoms with van der Waals surface area (Å²) in [6.07, 6.45) is 2.41. The van der Waals surface area contributed by atoms with E-state index in [0.717, 1.165) is 16.3 Å². The van der Waals surface area contributed by atoms with Crippen LogP contribution in [0.1, 0.15) is 32.2 Å². The SMILES string of the molecule is CCOC(=O)c1nc(C(=O)NCCc2nccs2)cs1. The third-order valence-electron chi connectivity index (χ3n) is 2.29. The van der Waals surface area contributed by atoms with Gasteiger partial charge in [-0.05, 0) is 6.92 Å². The molecule has 0 fully saturated rings. The minimum atomic E-state index is -0.501. The largest absolute Gasteiger partial charge is 0.461 e. The molecule has 1 N–H and O–H groups in total. The second-order valence-electron chi connectivity index (χ2n) is 3.69. The van der Waals surface area contributed by atoms with Crippen molar-refractivity contribution in [1.29, 1.82) is 0 Å². The van der Waals surface area contributed by atoms with Gasteiger partial charge in [0.1, 0.15) is 5.69 Å². The molecule has 0 aliphatic heterocycles. The van der Waals surface area contributed by atoms with Crippen LogP contribution in [-0.2, 0) is 11.2 Å². The van der Waals surface area contributed by atoms with Crippen LogP contribution in [0.3, 0.4) is 0 Å². The molecule has 8 heteroatoms. The Morgan fingerprint density at radius 3 is 2.95 bits per heavy atom. The Kier molecular flexibility index (Phi) is 5.19. The van der Waals surface area contributed by atoms with E-state index in [4.69, 9.17) is 4.74 Å². The zero-order valence-corrected chi connectivity index (χ0v) is 12.4. The predicted molar refractivity (Wildman–Crippen MR) is 76.2 cm³/mol. The van der Waals surface area contributed by atoms with Gasteiger partial charge in [-0.25, -0.2) is 14.8 Å². The molecule has 0 aliphatic rings. The standard InChI is InChI=1S/C12H13N3O3S2/c1-2-18-12(17)11-15-8(7-20-11)10(16)14-4-3-9-13-5-6-19-9/h5-7H,2-4H2,1H3,(H,14,16). The van der Waals surface area contributed by atoms with Crippen LogP contribution < -0.4 is 5.32 Å². The number of esters is 1. The summed E-state index contributed by atoms with van der Waals surface area (Å²) < 4.78 is 4.82. The number of nitrogens with one attached hydrogen (secondary N) is 1. The average molecular weight is 311 g/mol. The third kappa shape index (κ3) is 3.84. The van der Waals surface area contributed by atoms with E-state index in [1.54, 1.807) is 29.8 Å². The first kappa shape index (κ1) is 14.6. The maximum Gasteiger partial charge on any atom is 0.367 e. The first-order valence-corrected chi connectivity index (χ1v) is 7.76. The second kappa shape index (κ2) is 7.11. The fourth-order valence-corrected chi connectivity index (χ4v) is 2.72. The Morgan fingerprint density at radius 1 is 1.40 bits per heavy atom. The monoisotopic (exact) mass is 311 g/mol. The van der Waals surface area contributed by atoms with Gasteiger partial charge in [-0.1, -0.05) is 0 Å².